The largest absolute Gasteiger partial charge is 3.00 e. The van der Waals surface area contributed by atoms with Crippen molar-refractivity contribution in [2.75, 3.05) is 0 Å². The van der Waals surface area contributed by atoms with Crippen molar-refractivity contribution in [1.82, 2.24) is 0 Å². The summed E-state index contributed by atoms with van der Waals surface area (Å²) in [5.74, 6) is 0. The van der Waals surface area contributed by atoms with Crippen LogP contribution in [0.2, 0.25) is 0 Å². The maximum Gasteiger partial charge on any atom is 3.00 e. The van der Waals surface area contributed by atoms with Crippen molar-refractivity contribution in [2.45, 2.75) is 0 Å². The first-order chi connectivity index (χ1) is 0. The fourth-order valence-electron chi connectivity index (χ4n) is 0. The Bertz CT molecular complexity index is 12.9. The minimum Gasteiger partial charge on any atom is -2.00 e. The molecule has 5 nitrogen and oxygen atoms in total. The Morgan fingerprint density at radius 1 is 0.333 bits per heavy atom. The van der Waals surface area contributed by atoms with Gasteiger partial charge in [-0.2, -0.15) is 0 Å². The molecular weight excluding hydrogens is 301 g/mol. The van der Waals surface area contributed by atoms with E-state index in [-0.39, 0.29) is 95.1 Å². The van der Waals surface area contributed by atoms with Crippen LogP contribution in [-0.2, 0) is 95.1 Å². The smallest absolute Gasteiger partial charge is 2.00 e. The van der Waals surface area contributed by atoms with Gasteiger partial charge >= 0.3 is 67.7 Å². The van der Waals surface area contributed by atoms with Crippen LogP contribution >= 0.6 is 0 Å². The Morgan fingerprint density at radius 2 is 0.333 bits per heavy atom. The van der Waals surface area contributed by atoms with E-state index in [1.54, 1.807) is 0 Å². The number of rotatable bonds is 0. The molecule has 0 unspecified atom stereocenters. The van der Waals surface area contributed by atoms with Crippen molar-refractivity contribution in [1.29, 1.82) is 0 Å². The molecule has 0 heterocycles. The molecule has 62 valence electrons. The predicted octanol–water partition coefficient (Wildman–Crippen LogP) is -0.604. The van der Waals surface area contributed by atoms with Crippen LogP contribution in [-0.4, -0.2) is 0 Å². The minimum atomic E-state index is 0. The third-order valence-corrected chi connectivity index (χ3v) is 0. The molecule has 0 aliphatic carbocycles. The van der Waals surface area contributed by atoms with Gasteiger partial charge in [0.05, 0.1) is 0 Å². The fraction of sp³-hybridized carbons (Fsp3) is 0. The average molecular weight is 301 g/mol. The van der Waals surface area contributed by atoms with Crippen LogP contribution in [0.25, 0.3) is 0 Å². The molecule has 0 aromatic carbocycles. The van der Waals surface area contributed by atoms with Gasteiger partial charge < -0.3 is 27.4 Å². The normalized spacial score (nSPS) is 0. The summed E-state index contributed by atoms with van der Waals surface area (Å²) in [6, 6.07) is 0. The molecule has 0 saturated heterocycles. The summed E-state index contributed by atoms with van der Waals surface area (Å²) >= 11 is 0. The summed E-state index contributed by atoms with van der Waals surface area (Å²) in [5.41, 5.74) is 0. The molecule has 0 N–H and O–H groups in total. The first kappa shape index (κ1) is 307. The molecule has 0 rings (SSSR count). The van der Waals surface area contributed by atoms with Gasteiger partial charge in [0.15, 0.2) is 0 Å². The third kappa shape index (κ3) is 177. The molecule has 0 amide bonds. The average Bonchev–Trinajstić information content (AvgIpc) is 0. The van der Waals surface area contributed by atoms with Crippen molar-refractivity contribution >= 4 is 0 Å². The molecule has 2 radical (unpaired) electrons. The second kappa shape index (κ2) is 225. The second-order valence-corrected chi connectivity index (χ2v) is 0. The van der Waals surface area contributed by atoms with Gasteiger partial charge in [-0.15, -0.1) is 0 Å². The molecule has 0 bridgehead atoms. The number of hydrogen-bond acceptors (Lipinski definition) is 0. The van der Waals surface area contributed by atoms with Crippen molar-refractivity contribution in [3.63, 3.8) is 0 Å². The van der Waals surface area contributed by atoms with E-state index >= 15 is 0 Å². The van der Waals surface area contributed by atoms with Crippen LogP contribution in [0.3, 0.4) is 0 Å². The molecule has 0 atom stereocenters. The van der Waals surface area contributed by atoms with E-state index < -0.39 is 0 Å². The topological polar surface area (TPSA) is 142 Å². The Kier molecular flexibility index (Phi) is 7680. The summed E-state index contributed by atoms with van der Waals surface area (Å²) in [6.07, 6.45) is 0. The van der Waals surface area contributed by atoms with Gasteiger partial charge in [-0.3, -0.25) is 0 Å². The minimum absolute atomic E-state index is 0. The molecule has 0 spiro atoms. The van der Waals surface area contributed by atoms with E-state index in [9.17, 15) is 0 Å². The zero-order valence-corrected chi connectivity index (χ0v) is 8.02. The van der Waals surface area contributed by atoms with E-state index in [0.717, 1.165) is 0 Å². The first-order valence-corrected chi connectivity index (χ1v) is 0. The quantitative estimate of drug-likeness (QED) is 0.526. The van der Waals surface area contributed by atoms with Crippen LogP contribution in [0.15, 0.2) is 0 Å². The molecule has 0 aromatic rings. The Hall–Kier alpha value is 1.85. The van der Waals surface area contributed by atoms with E-state index in [1.807, 2.05) is 0 Å². The van der Waals surface area contributed by atoms with Crippen molar-refractivity contribution in [3.05, 3.63) is 0 Å². The van der Waals surface area contributed by atoms with Gasteiger partial charge in [0.1, 0.15) is 0 Å². The maximum atomic E-state index is 0. The van der Waals surface area contributed by atoms with Crippen molar-refractivity contribution < 1.29 is 95.1 Å². The molecule has 0 fully saturated rings. The number of hydrogen-bond donors (Lipinski definition) is 0. The Labute approximate surface area is 94.6 Å². The van der Waals surface area contributed by atoms with Crippen molar-refractivity contribution in [2.24, 2.45) is 0 Å². The van der Waals surface area contributed by atoms with E-state index in [1.165, 1.54) is 0 Å². The van der Waals surface area contributed by atoms with Gasteiger partial charge in [0, 0.05) is 0 Å². The second-order valence-electron chi connectivity index (χ2n) is 0. The van der Waals surface area contributed by atoms with Gasteiger partial charge in [-0.05, 0) is 0 Å². The van der Waals surface area contributed by atoms with E-state index in [0.29, 0.717) is 0 Å². The molecule has 0 aliphatic heterocycles. The zero-order chi connectivity index (χ0) is 0. The summed E-state index contributed by atoms with van der Waals surface area (Å²) in [5, 5.41) is 0. The van der Waals surface area contributed by atoms with Gasteiger partial charge in [0.25, 0.3) is 0 Å². The molecular formula is Cr2Ni2O5. The monoisotopic (exact) mass is 300 g/mol. The third-order valence-electron chi connectivity index (χ3n) is 0. The SMILES string of the molecule is [Cr+3].[Cr+3].[Ni+2].[Ni+2].[O-2].[O-2].[O-2].[O-2].[O-2]. The van der Waals surface area contributed by atoms with E-state index in [2.05, 4.69) is 0 Å². The van der Waals surface area contributed by atoms with Crippen LogP contribution in [0.5, 0.6) is 0 Å². The van der Waals surface area contributed by atoms with Crippen LogP contribution in [0.1, 0.15) is 0 Å². The summed E-state index contributed by atoms with van der Waals surface area (Å²) in [6.45, 7) is 0. The molecule has 9 heteroatoms. The molecule has 0 saturated carbocycles. The summed E-state index contributed by atoms with van der Waals surface area (Å²) in [4.78, 5) is 0. The Morgan fingerprint density at radius 3 is 0.333 bits per heavy atom. The predicted molar refractivity (Wildman–Crippen MR) is 3.43 cm³/mol. The van der Waals surface area contributed by atoms with Crippen LogP contribution < -0.4 is 0 Å². The fourth-order valence-corrected chi connectivity index (χ4v) is 0. The van der Waals surface area contributed by atoms with Crippen LogP contribution in [0.4, 0.5) is 0 Å². The van der Waals surface area contributed by atoms with Gasteiger partial charge in [-0.25, -0.2) is 0 Å². The molecule has 0 aliphatic rings. The zero-order valence-electron chi connectivity index (χ0n) is 3.49. The standard InChI is InChI=1S/2Cr.2Ni.5O/q2*+3;2*+2;5*-2. The van der Waals surface area contributed by atoms with Crippen LogP contribution in [0, 0.1) is 0 Å². The summed E-state index contributed by atoms with van der Waals surface area (Å²) < 4.78 is 0. The molecule has 9 heavy (non-hydrogen) atoms. The maximum absolute atomic E-state index is 0. The summed E-state index contributed by atoms with van der Waals surface area (Å²) in [7, 11) is 0. The van der Waals surface area contributed by atoms with E-state index in [4.69, 9.17) is 0 Å². The van der Waals surface area contributed by atoms with Gasteiger partial charge in [-0.1, -0.05) is 0 Å². The Balaban J connectivity index is 0. The van der Waals surface area contributed by atoms with Crippen molar-refractivity contribution in [3.8, 4) is 0 Å². The first-order valence-electron chi connectivity index (χ1n) is 0. The molecule has 0 aromatic heterocycles. The van der Waals surface area contributed by atoms with Gasteiger partial charge in [0.2, 0.25) is 0 Å².